The van der Waals surface area contributed by atoms with Crippen molar-refractivity contribution in [3.05, 3.63) is 27.7 Å². The summed E-state index contributed by atoms with van der Waals surface area (Å²) in [7, 11) is 0. The third-order valence-electron chi connectivity index (χ3n) is 3.86. The second-order valence-electron chi connectivity index (χ2n) is 5.41. The van der Waals surface area contributed by atoms with Crippen molar-refractivity contribution in [2.75, 3.05) is 6.61 Å². The predicted octanol–water partition coefficient (Wildman–Crippen LogP) is 4.35. The van der Waals surface area contributed by atoms with Crippen LogP contribution in [0.3, 0.4) is 0 Å². The molecule has 1 aliphatic carbocycles. The van der Waals surface area contributed by atoms with E-state index in [0.717, 1.165) is 6.42 Å². The number of carbonyl (C=O) groups is 1. The van der Waals surface area contributed by atoms with Crippen molar-refractivity contribution in [2.24, 2.45) is 5.92 Å². The van der Waals surface area contributed by atoms with Crippen molar-refractivity contribution in [1.82, 2.24) is 0 Å². The molecule has 0 atom stereocenters. The summed E-state index contributed by atoms with van der Waals surface area (Å²) < 4.78 is 9.48. The fraction of sp³-hybridized carbons (Fsp3) is 0.533. The largest absolute Gasteiger partial charge is 0.691 e. The van der Waals surface area contributed by atoms with Gasteiger partial charge >= 0.3 is 5.97 Å². The standard InChI is InChI=1S/C15H18Cl2O5S/c16-12-8-11(23-22-21-19)9-13(17)14(12)15(18)20-7-6-10-4-2-1-3-5-10/h8-10,19H,1-7H2/p-1. The van der Waals surface area contributed by atoms with Gasteiger partial charge in [-0.15, -0.1) is 0 Å². The van der Waals surface area contributed by atoms with Crippen LogP contribution in [0, 0.1) is 5.92 Å². The van der Waals surface area contributed by atoms with Gasteiger partial charge in [-0.25, -0.2) is 4.79 Å². The van der Waals surface area contributed by atoms with Crippen LogP contribution in [-0.2, 0) is 14.1 Å². The Hall–Kier alpha value is -0.500. The number of rotatable bonds is 7. The second kappa shape index (κ2) is 9.71. The first kappa shape index (κ1) is 18.8. The Balaban J connectivity index is 1.90. The molecule has 0 aliphatic heterocycles. The third kappa shape index (κ3) is 5.81. The molecule has 0 bridgehead atoms. The van der Waals surface area contributed by atoms with Gasteiger partial charge in [0.25, 0.3) is 0 Å². The lowest BCUT2D eigenvalue weighted by molar-refractivity contribution is -0.777. The van der Waals surface area contributed by atoms with Gasteiger partial charge in [0.2, 0.25) is 0 Å². The van der Waals surface area contributed by atoms with Crippen molar-refractivity contribution in [2.45, 2.75) is 43.4 Å². The van der Waals surface area contributed by atoms with Crippen LogP contribution in [0.1, 0.15) is 48.9 Å². The van der Waals surface area contributed by atoms with E-state index in [0.29, 0.717) is 29.5 Å². The molecular weight excluding hydrogens is 363 g/mol. The SMILES string of the molecule is O=C(OCCC1CCCCC1)c1c(Cl)cc(SOO[O-])cc1Cl. The Kier molecular flexibility index (Phi) is 7.95. The first-order valence-corrected chi connectivity index (χ1v) is 8.91. The Morgan fingerprint density at radius 3 is 2.48 bits per heavy atom. The molecule has 23 heavy (non-hydrogen) atoms. The van der Waals surface area contributed by atoms with Crippen molar-refractivity contribution >= 4 is 41.2 Å². The summed E-state index contributed by atoms with van der Waals surface area (Å²) in [5.41, 5.74) is 0.115. The van der Waals surface area contributed by atoms with Crippen LogP contribution in [-0.4, -0.2) is 12.6 Å². The van der Waals surface area contributed by atoms with Crippen molar-refractivity contribution < 1.29 is 24.2 Å². The van der Waals surface area contributed by atoms with Crippen LogP contribution in [0.4, 0.5) is 0 Å². The summed E-state index contributed by atoms with van der Waals surface area (Å²) in [6, 6.07) is 2.91. The molecule has 0 unspecified atom stereocenters. The average Bonchev–Trinajstić information content (AvgIpc) is 2.53. The van der Waals surface area contributed by atoms with Crippen molar-refractivity contribution in [3.8, 4) is 0 Å². The van der Waals surface area contributed by atoms with Gasteiger partial charge in [0.1, 0.15) is 0 Å². The lowest BCUT2D eigenvalue weighted by Gasteiger charge is -2.21. The van der Waals surface area contributed by atoms with Crippen LogP contribution in [0.25, 0.3) is 0 Å². The molecule has 1 saturated carbocycles. The van der Waals surface area contributed by atoms with E-state index in [2.05, 4.69) is 9.37 Å². The molecule has 2 rings (SSSR count). The smallest absolute Gasteiger partial charge is 0.341 e. The van der Waals surface area contributed by atoms with Gasteiger partial charge in [-0.1, -0.05) is 55.3 Å². The summed E-state index contributed by atoms with van der Waals surface area (Å²) in [6.07, 6.45) is 7.07. The minimum atomic E-state index is -0.548. The molecule has 1 aromatic rings. The Morgan fingerprint density at radius 2 is 1.87 bits per heavy atom. The summed E-state index contributed by atoms with van der Waals surface area (Å²) in [5.74, 6) is 0.0823. The van der Waals surface area contributed by atoms with E-state index in [9.17, 15) is 10.1 Å². The number of hydrogen-bond donors (Lipinski definition) is 0. The fourth-order valence-corrected chi connectivity index (χ4v) is 3.92. The van der Waals surface area contributed by atoms with E-state index in [4.69, 9.17) is 27.9 Å². The highest BCUT2D eigenvalue weighted by molar-refractivity contribution is 7.94. The lowest BCUT2D eigenvalue weighted by atomic mass is 9.87. The maximum Gasteiger partial charge on any atom is 0.341 e. The van der Waals surface area contributed by atoms with Crippen LogP contribution in [0.5, 0.6) is 0 Å². The fourth-order valence-electron chi connectivity index (χ4n) is 2.71. The van der Waals surface area contributed by atoms with Crippen LogP contribution >= 0.6 is 35.2 Å². The molecule has 0 heterocycles. The van der Waals surface area contributed by atoms with Crippen LogP contribution in [0.2, 0.25) is 10.0 Å². The van der Waals surface area contributed by atoms with E-state index >= 15 is 0 Å². The lowest BCUT2D eigenvalue weighted by Crippen LogP contribution is -2.13. The zero-order valence-corrected chi connectivity index (χ0v) is 14.7. The Labute approximate surface area is 149 Å². The number of carbonyl (C=O) groups excluding carboxylic acids is 1. The van der Waals surface area contributed by atoms with E-state index in [1.165, 1.54) is 44.2 Å². The number of hydrogen-bond acceptors (Lipinski definition) is 6. The Morgan fingerprint density at radius 1 is 1.22 bits per heavy atom. The van der Waals surface area contributed by atoms with Crippen molar-refractivity contribution in [3.63, 3.8) is 0 Å². The van der Waals surface area contributed by atoms with E-state index in [1.54, 1.807) is 0 Å². The molecule has 1 aromatic carbocycles. The second-order valence-corrected chi connectivity index (χ2v) is 7.00. The van der Waals surface area contributed by atoms with Crippen LogP contribution in [0.15, 0.2) is 17.0 Å². The van der Waals surface area contributed by atoms with E-state index in [-0.39, 0.29) is 15.6 Å². The quantitative estimate of drug-likeness (QED) is 0.303. The van der Waals surface area contributed by atoms with Crippen LogP contribution < -0.4 is 5.26 Å². The molecule has 0 spiro atoms. The molecule has 1 aliphatic rings. The number of esters is 1. The maximum absolute atomic E-state index is 12.1. The van der Waals surface area contributed by atoms with Gasteiger partial charge in [-0.05, 0) is 24.5 Å². The first-order valence-electron chi connectivity index (χ1n) is 7.41. The molecule has 0 N–H and O–H groups in total. The third-order valence-corrected chi connectivity index (χ3v) is 5.01. The van der Waals surface area contributed by atoms with Gasteiger partial charge in [0, 0.05) is 4.90 Å². The van der Waals surface area contributed by atoms with Gasteiger partial charge in [-0.2, -0.15) is 4.33 Å². The highest BCUT2D eigenvalue weighted by atomic mass is 35.5. The average molecular weight is 380 g/mol. The molecule has 8 heteroatoms. The van der Waals surface area contributed by atoms with Gasteiger partial charge in [0.05, 0.1) is 34.3 Å². The molecule has 0 radical (unpaired) electrons. The minimum Gasteiger partial charge on any atom is -0.691 e. The first-order chi connectivity index (χ1) is 11.1. The number of halogens is 2. The topological polar surface area (TPSA) is 67.8 Å². The summed E-state index contributed by atoms with van der Waals surface area (Å²) in [6.45, 7) is 0.361. The summed E-state index contributed by atoms with van der Waals surface area (Å²) in [5, 5.41) is 13.3. The number of benzene rings is 1. The zero-order chi connectivity index (χ0) is 16.7. The highest BCUT2D eigenvalue weighted by Crippen LogP contribution is 2.32. The molecule has 128 valence electrons. The van der Waals surface area contributed by atoms with E-state index in [1.807, 2.05) is 0 Å². The molecule has 1 fully saturated rings. The molecular formula is C15H17Cl2O5S-. The minimum absolute atomic E-state index is 0.115. The molecule has 0 aromatic heterocycles. The monoisotopic (exact) mass is 379 g/mol. The Bertz CT molecular complexity index is 512. The van der Waals surface area contributed by atoms with Gasteiger partial charge in [0.15, 0.2) is 0 Å². The predicted molar refractivity (Wildman–Crippen MR) is 86.0 cm³/mol. The summed E-state index contributed by atoms with van der Waals surface area (Å²) in [4.78, 5) is 12.6. The van der Waals surface area contributed by atoms with Gasteiger partial charge in [-0.3, -0.25) is 5.04 Å². The van der Waals surface area contributed by atoms with Crippen molar-refractivity contribution in [1.29, 1.82) is 0 Å². The van der Waals surface area contributed by atoms with Gasteiger partial charge < -0.3 is 9.99 Å². The molecule has 5 nitrogen and oxygen atoms in total. The molecule has 0 saturated heterocycles. The number of ether oxygens (including phenoxy) is 1. The zero-order valence-electron chi connectivity index (χ0n) is 12.4. The van der Waals surface area contributed by atoms with E-state index < -0.39 is 5.97 Å². The maximum atomic E-state index is 12.1. The molecule has 0 amide bonds. The normalized spacial score (nSPS) is 15.6. The summed E-state index contributed by atoms with van der Waals surface area (Å²) >= 11 is 12.8. The highest BCUT2D eigenvalue weighted by Gasteiger charge is 2.19.